The summed E-state index contributed by atoms with van der Waals surface area (Å²) in [6, 6.07) is 0. The van der Waals surface area contributed by atoms with Crippen LogP contribution < -0.4 is 10.6 Å². The fraction of sp³-hybridized carbons (Fsp3) is 0.667. The maximum atomic E-state index is 10.3. The fourth-order valence-corrected chi connectivity index (χ4v) is 3.70. The van der Waals surface area contributed by atoms with E-state index in [1.807, 2.05) is 6.92 Å². The first-order valence-electron chi connectivity index (χ1n) is 9.96. The van der Waals surface area contributed by atoms with Gasteiger partial charge in [-0.1, -0.05) is 25.1 Å². The van der Waals surface area contributed by atoms with Gasteiger partial charge in [0.05, 0.1) is 17.9 Å². The number of imidazole rings is 1. The van der Waals surface area contributed by atoms with Crippen molar-refractivity contribution < 1.29 is 20.1 Å². The lowest BCUT2D eigenvalue weighted by atomic mass is 10.1. The number of thiol groups is 1. The number of nitrogens with zero attached hydrogens (tertiary/aromatic N) is 4. The molecule has 3 heterocycles. The van der Waals surface area contributed by atoms with Gasteiger partial charge in [-0.25, -0.2) is 9.97 Å². The topological polar surface area (TPSA) is 138 Å². The first-order chi connectivity index (χ1) is 14.4. The van der Waals surface area contributed by atoms with Crippen molar-refractivity contribution in [2.24, 2.45) is 0 Å². The first-order valence-corrected chi connectivity index (χ1v) is 10.8. The van der Waals surface area contributed by atoms with Gasteiger partial charge in [0.2, 0.25) is 5.95 Å². The van der Waals surface area contributed by atoms with E-state index >= 15 is 0 Å². The quantitative estimate of drug-likeness (QED) is 0.131. The highest BCUT2D eigenvalue weighted by Crippen LogP contribution is 2.32. The van der Waals surface area contributed by atoms with E-state index in [9.17, 15) is 15.3 Å². The fourth-order valence-electron chi connectivity index (χ4n) is 3.34. The van der Waals surface area contributed by atoms with Crippen molar-refractivity contribution in [2.45, 2.75) is 62.2 Å². The highest BCUT2D eigenvalue weighted by molar-refractivity contribution is 7.80. The second kappa shape index (κ2) is 10.6. The third-order valence-corrected chi connectivity index (χ3v) is 5.41. The van der Waals surface area contributed by atoms with Crippen LogP contribution in [-0.2, 0) is 4.74 Å². The minimum atomic E-state index is -1.22. The van der Waals surface area contributed by atoms with Crippen LogP contribution >= 0.6 is 24.8 Å². The molecule has 0 spiro atoms. The number of hydrogen-bond donors (Lipinski definition) is 6. The van der Waals surface area contributed by atoms with E-state index < -0.39 is 31.1 Å². The van der Waals surface area contributed by atoms with Crippen LogP contribution in [0.5, 0.6) is 0 Å². The van der Waals surface area contributed by atoms with Gasteiger partial charge in [-0.3, -0.25) is 4.57 Å². The molecule has 1 aliphatic heterocycles. The molecule has 4 atom stereocenters. The molecule has 5 N–H and O–H groups in total. The molecular weight excluding hydrogens is 428 g/mol. The van der Waals surface area contributed by atoms with E-state index in [-0.39, 0.29) is 0 Å². The van der Waals surface area contributed by atoms with Gasteiger partial charge in [0.25, 0.3) is 0 Å². The number of hydrogen-bond acceptors (Lipinski definition) is 10. The molecule has 1 saturated heterocycles. The van der Waals surface area contributed by atoms with Crippen molar-refractivity contribution in [1.82, 2.24) is 24.8 Å². The Balaban J connectivity index is 1.60. The van der Waals surface area contributed by atoms with Crippen LogP contribution in [0.15, 0.2) is 11.4 Å². The number of nitrogens with one attached hydrogen (secondary N) is 2. The van der Waals surface area contributed by atoms with Gasteiger partial charge in [0, 0.05) is 13.1 Å². The summed E-state index contributed by atoms with van der Waals surface area (Å²) in [5.74, 6) is 0.402. The molecule has 0 aromatic carbocycles. The van der Waals surface area contributed by atoms with Crippen molar-refractivity contribution in [3.05, 3.63) is 6.33 Å². The average Bonchev–Trinajstić information content (AvgIpc) is 3.25. The van der Waals surface area contributed by atoms with E-state index in [0.717, 1.165) is 37.2 Å². The van der Waals surface area contributed by atoms with Gasteiger partial charge < -0.3 is 30.7 Å². The smallest absolute Gasteiger partial charge is 0.225 e. The predicted molar refractivity (Wildman–Crippen MR) is 119 cm³/mol. The molecule has 10 nitrogen and oxygen atoms in total. The number of aliphatic hydroxyl groups excluding tert-OH is 3. The molecule has 1 aliphatic rings. The number of ether oxygens (including phenoxy) is 1. The molecular formula is C18H28N6O4S2. The van der Waals surface area contributed by atoms with E-state index in [2.05, 4.69) is 38.2 Å². The van der Waals surface area contributed by atoms with Crippen molar-refractivity contribution in [1.29, 1.82) is 0 Å². The summed E-state index contributed by atoms with van der Waals surface area (Å²) in [6.45, 7) is 3.09. The standard InChI is InChI=1S/C18H28N6O4S2/c1-10(29)19-6-4-2-3-5-7-20-18-22-15-12(16(30)23-18)21-9-24(15)17-14(27)13(26)11(8-25)28-17/h9,11,13-14,17,25-27H,2-8H2,1H3,(H,19,29)(H2,20,22,23,30)/t11-,13?,14?,17-/m1/s1. The number of unbranched alkanes of at least 4 members (excludes halogenated alkanes) is 3. The second-order valence-electron chi connectivity index (χ2n) is 7.25. The van der Waals surface area contributed by atoms with Gasteiger partial charge in [-0.05, 0) is 19.8 Å². The molecule has 0 amide bonds. The third kappa shape index (κ3) is 5.37. The van der Waals surface area contributed by atoms with Gasteiger partial charge >= 0.3 is 0 Å². The predicted octanol–water partition coefficient (Wildman–Crippen LogP) is 0.636. The lowest BCUT2D eigenvalue weighted by molar-refractivity contribution is -0.0511. The van der Waals surface area contributed by atoms with E-state index in [0.29, 0.717) is 28.7 Å². The molecule has 30 heavy (non-hydrogen) atoms. The maximum Gasteiger partial charge on any atom is 0.225 e. The van der Waals surface area contributed by atoms with Crippen molar-refractivity contribution in [3.8, 4) is 0 Å². The summed E-state index contributed by atoms with van der Waals surface area (Å²) in [6.07, 6.45) is 1.46. The molecule has 0 radical (unpaired) electrons. The molecule has 12 heteroatoms. The van der Waals surface area contributed by atoms with Crippen LogP contribution in [0.3, 0.4) is 0 Å². The Morgan fingerprint density at radius 2 is 1.93 bits per heavy atom. The normalized spacial score (nSPS) is 23.8. The lowest BCUT2D eigenvalue weighted by Gasteiger charge is -2.16. The van der Waals surface area contributed by atoms with E-state index in [4.69, 9.17) is 17.0 Å². The number of aliphatic hydroxyl groups is 3. The summed E-state index contributed by atoms with van der Waals surface area (Å²) in [5, 5.41) is 36.4. The first kappa shape index (κ1) is 23.1. The Labute approximate surface area is 185 Å². The average molecular weight is 457 g/mol. The van der Waals surface area contributed by atoms with Crippen molar-refractivity contribution in [2.75, 3.05) is 25.0 Å². The molecule has 2 aromatic heterocycles. The summed E-state index contributed by atoms with van der Waals surface area (Å²) < 4.78 is 7.11. The Morgan fingerprint density at radius 1 is 1.20 bits per heavy atom. The molecule has 166 valence electrons. The minimum Gasteiger partial charge on any atom is -0.394 e. The zero-order chi connectivity index (χ0) is 21.7. The Bertz CT molecular complexity index is 867. The Kier molecular flexibility index (Phi) is 8.20. The molecule has 3 rings (SSSR count). The number of rotatable bonds is 10. The second-order valence-corrected chi connectivity index (χ2v) is 8.28. The lowest BCUT2D eigenvalue weighted by Crippen LogP contribution is -2.33. The Morgan fingerprint density at radius 3 is 2.60 bits per heavy atom. The molecule has 2 unspecified atom stereocenters. The third-order valence-electron chi connectivity index (χ3n) is 4.95. The van der Waals surface area contributed by atoms with Crippen LogP contribution in [0.1, 0.15) is 38.8 Å². The van der Waals surface area contributed by atoms with E-state index in [1.54, 1.807) is 0 Å². The number of fused-ring (bicyclic) bond motifs is 1. The van der Waals surface area contributed by atoms with Crippen LogP contribution in [-0.4, -0.2) is 77.8 Å². The minimum absolute atomic E-state index is 0.398. The van der Waals surface area contributed by atoms with Crippen LogP contribution in [0.4, 0.5) is 5.95 Å². The van der Waals surface area contributed by atoms with Gasteiger partial charge in [-0.15, -0.1) is 12.6 Å². The van der Waals surface area contributed by atoms with Gasteiger partial charge in [-0.2, -0.15) is 4.98 Å². The number of anilines is 1. The van der Waals surface area contributed by atoms with Crippen LogP contribution in [0.2, 0.25) is 0 Å². The molecule has 2 aromatic rings. The molecule has 1 fully saturated rings. The Hall–Kier alpha value is -1.57. The van der Waals surface area contributed by atoms with Crippen molar-refractivity contribution >= 4 is 46.9 Å². The van der Waals surface area contributed by atoms with Gasteiger partial charge in [0.1, 0.15) is 28.9 Å². The van der Waals surface area contributed by atoms with Gasteiger partial charge in [0.15, 0.2) is 11.9 Å². The summed E-state index contributed by atoms with van der Waals surface area (Å²) in [5.41, 5.74) is 0.886. The van der Waals surface area contributed by atoms with Crippen molar-refractivity contribution in [3.63, 3.8) is 0 Å². The zero-order valence-corrected chi connectivity index (χ0v) is 18.4. The number of thiocarbonyl (C=S) groups is 1. The monoisotopic (exact) mass is 456 g/mol. The summed E-state index contributed by atoms with van der Waals surface area (Å²) >= 11 is 9.38. The summed E-state index contributed by atoms with van der Waals surface area (Å²) in [7, 11) is 0. The van der Waals surface area contributed by atoms with Crippen LogP contribution in [0.25, 0.3) is 11.2 Å². The number of aromatic nitrogens is 4. The highest BCUT2D eigenvalue weighted by atomic mass is 32.1. The molecule has 0 aliphatic carbocycles. The highest BCUT2D eigenvalue weighted by Gasteiger charge is 2.44. The van der Waals surface area contributed by atoms with E-state index in [1.165, 1.54) is 10.9 Å². The van der Waals surface area contributed by atoms with Crippen LogP contribution in [0, 0.1) is 0 Å². The zero-order valence-electron chi connectivity index (χ0n) is 16.7. The SMILES string of the molecule is CC(=S)NCCCCCCNc1nc(S)c2ncn([C@@H]3O[C@H](CO)C(O)C3O)c2n1. The molecule has 0 bridgehead atoms. The maximum absolute atomic E-state index is 10.3. The summed E-state index contributed by atoms with van der Waals surface area (Å²) in [4.78, 5) is 13.9. The molecule has 0 saturated carbocycles. The largest absolute Gasteiger partial charge is 0.394 e.